The van der Waals surface area contributed by atoms with Gasteiger partial charge < -0.3 is 9.64 Å². The highest BCUT2D eigenvalue weighted by Crippen LogP contribution is 2.20. The first kappa shape index (κ1) is 12.8. The number of para-hydroxylation sites is 1. The third-order valence-corrected chi connectivity index (χ3v) is 3.08. The van der Waals surface area contributed by atoms with Crippen molar-refractivity contribution in [2.75, 3.05) is 11.9 Å². The molecule has 0 aliphatic heterocycles. The van der Waals surface area contributed by atoms with E-state index in [2.05, 4.69) is 17.0 Å². The Hall–Kier alpha value is -1.67. The molecule has 0 spiro atoms. The molecule has 0 saturated heterocycles. The first-order chi connectivity index (χ1) is 8.66. The smallest absolute Gasteiger partial charge is 0.169 e. The van der Waals surface area contributed by atoms with Crippen molar-refractivity contribution >= 4 is 17.3 Å². The highest BCUT2D eigenvalue weighted by molar-refractivity contribution is 6.30. The average Bonchev–Trinajstić information content (AvgIpc) is 2.41. The van der Waals surface area contributed by atoms with Crippen LogP contribution in [0.3, 0.4) is 0 Å². The standard InChI is InChI=1S/C15H16ClNO/c1-12(17(2)14-6-4-3-5-7-14)18-15-10-8-13(16)9-11-15/h3-12H,1-2H3. The van der Waals surface area contributed by atoms with Crippen molar-refractivity contribution in [3.63, 3.8) is 0 Å². The van der Waals surface area contributed by atoms with E-state index in [1.165, 1.54) is 0 Å². The summed E-state index contributed by atoms with van der Waals surface area (Å²) in [5.41, 5.74) is 1.12. The fraction of sp³-hybridized carbons (Fsp3) is 0.200. The second-order valence-corrected chi connectivity index (χ2v) is 4.55. The third kappa shape index (κ3) is 3.17. The molecule has 2 aromatic rings. The highest BCUT2D eigenvalue weighted by atomic mass is 35.5. The lowest BCUT2D eigenvalue weighted by molar-refractivity contribution is 0.222. The van der Waals surface area contributed by atoms with Crippen LogP contribution in [0.4, 0.5) is 5.69 Å². The summed E-state index contributed by atoms with van der Waals surface area (Å²) in [5, 5.41) is 0.714. The first-order valence-electron chi connectivity index (χ1n) is 5.87. The van der Waals surface area contributed by atoms with Gasteiger partial charge in [0.1, 0.15) is 5.75 Å². The minimum atomic E-state index is -0.0476. The van der Waals surface area contributed by atoms with Gasteiger partial charge in [-0.05, 0) is 43.3 Å². The van der Waals surface area contributed by atoms with Crippen LogP contribution in [0.1, 0.15) is 6.92 Å². The molecule has 0 heterocycles. The SMILES string of the molecule is CC(Oc1ccc(Cl)cc1)N(C)c1ccccc1. The molecule has 0 aromatic heterocycles. The summed E-state index contributed by atoms with van der Waals surface area (Å²) in [7, 11) is 2.01. The minimum Gasteiger partial charge on any atom is -0.471 e. The van der Waals surface area contributed by atoms with Gasteiger partial charge in [-0.1, -0.05) is 29.8 Å². The molecule has 1 atom stereocenters. The molecule has 0 aliphatic rings. The lowest BCUT2D eigenvalue weighted by Gasteiger charge is -2.27. The molecule has 0 radical (unpaired) electrons. The summed E-state index contributed by atoms with van der Waals surface area (Å²) in [6, 6.07) is 17.5. The zero-order valence-electron chi connectivity index (χ0n) is 10.5. The molecule has 2 rings (SSSR count). The quantitative estimate of drug-likeness (QED) is 0.765. The number of benzene rings is 2. The summed E-state index contributed by atoms with van der Waals surface area (Å²) in [5.74, 6) is 0.815. The van der Waals surface area contributed by atoms with Crippen molar-refractivity contribution in [2.45, 2.75) is 13.2 Å². The van der Waals surface area contributed by atoms with Gasteiger partial charge >= 0.3 is 0 Å². The van der Waals surface area contributed by atoms with Crippen LogP contribution < -0.4 is 9.64 Å². The van der Waals surface area contributed by atoms with Crippen molar-refractivity contribution in [1.82, 2.24) is 0 Å². The normalized spacial score (nSPS) is 11.9. The first-order valence-corrected chi connectivity index (χ1v) is 6.25. The Bertz CT molecular complexity index is 484. The highest BCUT2D eigenvalue weighted by Gasteiger charge is 2.10. The monoisotopic (exact) mass is 261 g/mol. The summed E-state index contributed by atoms with van der Waals surface area (Å²) in [6.07, 6.45) is -0.0476. The second-order valence-electron chi connectivity index (χ2n) is 4.12. The van der Waals surface area contributed by atoms with Crippen molar-refractivity contribution in [3.8, 4) is 5.75 Å². The fourth-order valence-electron chi connectivity index (χ4n) is 1.66. The van der Waals surface area contributed by atoms with E-state index in [0.29, 0.717) is 5.02 Å². The molecule has 0 aliphatic carbocycles. The zero-order valence-corrected chi connectivity index (χ0v) is 11.3. The maximum atomic E-state index is 5.85. The van der Waals surface area contributed by atoms with E-state index >= 15 is 0 Å². The number of halogens is 1. The van der Waals surface area contributed by atoms with Crippen LogP contribution in [0.25, 0.3) is 0 Å². The van der Waals surface area contributed by atoms with Gasteiger partial charge in [0.05, 0.1) is 0 Å². The number of rotatable bonds is 4. The van der Waals surface area contributed by atoms with Crippen LogP contribution >= 0.6 is 11.6 Å². The summed E-state index contributed by atoms with van der Waals surface area (Å²) >= 11 is 5.84. The lowest BCUT2D eigenvalue weighted by Crippen LogP contribution is -2.33. The van der Waals surface area contributed by atoms with E-state index in [4.69, 9.17) is 16.3 Å². The van der Waals surface area contributed by atoms with Crippen molar-refractivity contribution in [1.29, 1.82) is 0 Å². The van der Waals surface area contributed by atoms with Crippen molar-refractivity contribution in [2.24, 2.45) is 0 Å². The van der Waals surface area contributed by atoms with Gasteiger partial charge in [0.15, 0.2) is 6.23 Å². The van der Waals surface area contributed by atoms with Crippen LogP contribution in [-0.2, 0) is 0 Å². The summed E-state index contributed by atoms with van der Waals surface area (Å²) < 4.78 is 5.85. The lowest BCUT2D eigenvalue weighted by atomic mass is 10.3. The van der Waals surface area contributed by atoms with E-state index in [1.807, 2.05) is 56.4 Å². The van der Waals surface area contributed by atoms with Gasteiger partial charge in [-0.25, -0.2) is 0 Å². The maximum Gasteiger partial charge on any atom is 0.169 e. The van der Waals surface area contributed by atoms with Crippen molar-refractivity contribution < 1.29 is 4.74 Å². The Morgan fingerprint density at radius 3 is 2.22 bits per heavy atom. The Kier molecular flexibility index (Phi) is 4.11. The summed E-state index contributed by atoms with van der Waals surface area (Å²) in [4.78, 5) is 2.08. The molecule has 0 bridgehead atoms. The molecule has 3 heteroatoms. The number of nitrogens with zero attached hydrogens (tertiary/aromatic N) is 1. The molecule has 94 valence electrons. The predicted molar refractivity (Wildman–Crippen MR) is 76.4 cm³/mol. The zero-order chi connectivity index (χ0) is 13.0. The van der Waals surface area contributed by atoms with E-state index in [-0.39, 0.29) is 6.23 Å². The van der Waals surface area contributed by atoms with Crippen LogP contribution in [0.5, 0.6) is 5.75 Å². The maximum absolute atomic E-state index is 5.85. The van der Waals surface area contributed by atoms with E-state index in [0.717, 1.165) is 11.4 Å². The molecule has 0 N–H and O–H groups in total. The van der Waals surface area contributed by atoms with Gasteiger partial charge in [0, 0.05) is 17.8 Å². The number of ether oxygens (including phenoxy) is 1. The van der Waals surface area contributed by atoms with E-state index in [1.54, 1.807) is 0 Å². The fourth-order valence-corrected chi connectivity index (χ4v) is 1.79. The van der Waals surface area contributed by atoms with E-state index < -0.39 is 0 Å². The molecular weight excluding hydrogens is 246 g/mol. The molecule has 2 nitrogen and oxygen atoms in total. The molecule has 2 aromatic carbocycles. The van der Waals surface area contributed by atoms with E-state index in [9.17, 15) is 0 Å². The number of hydrogen-bond acceptors (Lipinski definition) is 2. The molecule has 0 saturated carbocycles. The Morgan fingerprint density at radius 2 is 1.61 bits per heavy atom. The van der Waals surface area contributed by atoms with Crippen molar-refractivity contribution in [3.05, 3.63) is 59.6 Å². The van der Waals surface area contributed by atoms with Crippen LogP contribution in [-0.4, -0.2) is 13.3 Å². The second kappa shape index (κ2) is 5.78. The van der Waals surface area contributed by atoms with Crippen LogP contribution in [0.15, 0.2) is 54.6 Å². The average molecular weight is 262 g/mol. The molecule has 0 fully saturated rings. The molecule has 18 heavy (non-hydrogen) atoms. The van der Waals surface area contributed by atoms with Gasteiger partial charge in [-0.3, -0.25) is 0 Å². The number of hydrogen-bond donors (Lipinski definition) is 0. The van der Waals surface area contributed by atoms with Gasteiger partial charge in [-0.15, -0.1) is 0 Å². The molecule has 1 unspecified atom stereocenters. The Morgan fingerprint density at radius 1 is 1.00 bits per heavy atom. The van der Waals surface area contributed by atoms with Crippen LogP contribution in [0.2, 0.25) is 5.02 Å². The van der Waals surface area contributed by atoms with Gasteiger partial charge in [0.2, 0.25) is 0 Å². The Labute approximate surface area is 113 Å². The van der Waals surface area contributed by atoms with Gasteiger partial charge in [0.25, 0.3) is 0 Å². The number of anilines is 1. The predicted octanol–water partition coefficient (Wildman–Crippen LogP) is 4.20. The largest absolute Gasteiger partial charge is 0.471 e. The van der Waals surface area contributed by atoms with Gasteiger partial charge in [-0.2, -0.15) is 0 Å². The Balaban J connectivity index is 2.03. The topological polar surface area (TPSA) is 12.5 Å². The molecule has 0 amide bonds. The third-order valence-electron chi connectivity index (χ3n) is 2.83. The minimum absolute atomic E-state index is 0.0476. The molecular formula is C15H16ClNO. The van der Waals surface area contributed by atoms with Crippen LogP contribution in [0, 0.1) is 0 Å². The summed E-state index contributed by atoms with van der Waals surface area (Å²) in [6.45, 7) is 2.02.